The van der Waals surface area contributed by atoms with Crippen molar-refractivity contribution in [2.24, 2.45) is 5.41 Å². The minimum Gasteiger partial charge on any atom is -0.444 e. The number of piperidine rings is 1. The topological polar surface area (TPSA) is 66.9 Å². The molecule has 2 amide bonds. The van der Waals surface area contributed by atoms with Crippen molar-refractivity contribution < 1.29 is 19.1 Å². The molecule has 132 valence electrons. The van der Waals surface area contributed by atoms with Crippen molar-refractivity contribution in [3.8, 4) is 0 Å². The number of hydrogen-bond acceptors (Lipinski definition) is 4. The quantitative estimate of drug-likeness (QED) is 0.739. The molecule has 2 saturated heterocycles. The van der Waals surface area contributed by atoms with Gasteiger partial charge in [0, 0.05) is 49.7 Å². The van der Waals surface area contributed by atoms with E-state index in [0.717, 1.165) is 18.5 Å². The number of ether oxygens (including phenoxy) is 1. The number of carbonyl (C=O) groups excluding carboxylic acids is 3. The Morgan fingerprint density at radius 1 is 1.17 bits per heavy atom. The molecule has 0 saturated carbocycles. The highest BCUT2D eigenvalue weighted by molar-refractivity contribution is 5.94. The molecule has 1 spiro atoms. The van der Waals surface area contributed by atoms with Crippen LogP contribution in [0.5, 0.6) is 0 Å². The van der Waals surface area contributed by atoms with E-state index < -0.39 is 5.60 Å². The van der Waals surface area contributed by atoms with Crippen LogP contribution in [0.15, 0.2) is 11.8 Å². The Balaban J connectivity index is 1.60. The van der Waals surface area contributed by atoms with Gasteiger partial charge in [0.05, 0.1) is 0 Å². The van der Waals surface area contributed by atoms with Crippen LogP contribution in [0.1, 0.15) is 52.9 Å². The van der Waals surface area contributed by atoms with E-state index in [2.05, 4.69) is 0 Å². The summed E-state index contributed by atoms with van der Waals surface area (Å²) in [6.45, 7) is 7.50. The van der Waals surface area contributed by atoms with E-state index in [1.807, 2.05) is 20.8 Å². The smallest absolute Gasteiger partial charge is 0.410 e. The van der Waals surface area contributed by atoms with E-state index in [1.54, 1.807) is 15.9 Å². The molecule has 1 aliphatic carbocycles. The lowest BCUT2D eigenvalue weighted by Crippen LogP contribution is -2.46. The zero-order valence-electron chi connectivity index (χ0n) is 14.8. The van der Waals surface area contributed by atoms with Crippen molar-refractivity contribution in [2.75, 3.05) is 19.6 Å². The lowest BCUT2D eigenvalue weighted by Gasteiger charge is -2.39. The summed E-state index contributed by atoms with van der Waals surface area (Å²) in [5.74, 6) is 0.222. The van der Waals surface area contributed by atoms with Gasteiger partial charge in [-0.3, -0.25) is 9.59 Å². The molecule has 2 heterocycles. The lowest BCUT2D eigenvalue weighted by molar-refractivity contribution is -0.126. The number of rotatable bonds is 1. The van der Waals surface area contributed by atoms with Crippen LogP contribution in [0, 0.1) is 5.41 Å². The maximum absolute atomic E-state index is 12.4. The Morgan fingerprint density at radius 2 is 1.83 bits per heavy atom. The molecule has 0 N–H and O–H groups in total. The van der Waals surface area contributed by atoms with Gasteiger partial charge in [-0.25, -0.2) is 4.79 Å². The number of carbonyl (C=O) groups is 3. The van der Waals surface area contributed by atoms with Gasteiger partial charge in [0.1, 0.15) is 5.60 Å². The number of ketones is 1. The molecule has 0 bridgehead atoms. The second kappa shape index (κ2) is 5.90. The summed E-state index contributed by atoms with van der Waals surface area (Å²) >= 11 is 0. The summed E-state index contributed by atoms with van der Waals surface area (Å²) in [5, 5.41) is 0. The third-order valence-electron chi connectivity index (χ3n) is 5.10. The van der Waals surface area contributed by atoms with Crippen molar-refractivity contribution >= 4 is 17.8 Å². The number of hydrogen-bond donors (Lipinski definition) is 0. The van der Waals surface area contributed by atoms with Crippen LogP contribution in [0.2, 0.25) is 0 Å². The maximum Gasteiger partial charge on any atom is 0.410 e. The van der Waals surface area contributed by atoms with Gasteiger partial charge in [0.2, 0.25) is 5.91 Å². The molecular weight excluding hydrogens is 308 g/mol. The van der Waals surface area contributed by atoms with Crippen LogP contribution >= 0.6 is 0 Å². The molecule has 3 aliphatic rings. The summed E-state index contributed by atoms with van der Waals surface area (Å²) in [4.78, 5) is 39.6. The summed E-state index contributed by atoms with van der Waals surface area (Å²) < 4.78 is 5.43. The Labute approximate surface area is 142 Å². The average molecular weight is 334 g/mol. The Bertz CT molecular complexity index is 595. The number of likely N-dealkylation sites (tertiary alicyclic amines) is 2. The number of nitrogens with zero attached hydrogens (tertiary/aromatic N) is 2. The van der Waals surface area contributed by atoms with Gasteiger partial charge in [-0.1, -0.05) is 0 Å². The predicted octanol–water partition coefficient (Wildman–Crippen LogP) is 2.48. The SMILES string of the molecule is CC(C)(C)OC(=O)N1CCC2(CC1)CC(=O)N(C1=CC(=O)CC1)C2. The molecule has 0 radical (unpaired) electrons. The second-order valence-electron chi connectivity index (χ2n) is 8.23. The van der Waals surface area contributed by atoms with Crippen molar-refractivity contribution in [1.29, 1.82) is 0 Å². The van der Waals surface area contributed by atoms with Gasteiger partial charge in [-0.15, -0.1) is 0 Å². The summed E-state index contributed by atoms with van der Waals surface area (Å²) in [7, 11) is 0. The number of allylic oxidation sites excluding steroid dienone is 2. The molecule has 6 heteroatoms. The first-order valence-corrected chi connectivity index (χ1v) is 8.69. The fourth-order valence-electron chi connectivity index (χ4n) is 3.78. The molecule has 0 unspecified atom stereocenters. The Hall–Kier alpha value is -1.85. The summed E-state index contributed by atoms with van der Waals surface area (Å²) in [6, 6.07) is 0. The minimum absolute atomic E-state index is 0.0674. The maximum atomic E-state index is 12.4. The van der Waals surface area contributed by atoms with E-state index in [1.165, 1.54) is 0 Å². The fourth-order valence-corrected chi connectivity index (χ4v) is 3.78. The zero-order valence-corrected chi connectivity index (χ0v) is 14.8. The van der Waals surface area contributed by atoms with E-state index in [-0.39, 0.29) is 23.2 Å². The first kappa shape index (κ1) is 17.0. The highest BCUT2D eigenvalue weighted by Gasteiger charge is 2.47. The molecule has 0 aromatic heterocycles. The van der Waals surface area contributed by atoms with E-state index in [9.17, 15) is 14.4 Å². The highest BCUT2D eigenvalue weighted by atomic mass is 16.6. The van der Waals surface area contributed by atoms with Crippen LogP contribution in [-0.4, -0.2) is 52.8 Å². The van der Waals surface area contributed by atoms with Gasteiger partial charge in [0.25, 0.3) is 0 Å². The van der Waals surface area contributed by atoms with Crippen LogP contribution in [0.3, 0.4) is 0 Å². The van der Waals surface area contributed by atoms with Crippen LogP contribution in [0.25, 0.3) is 0 Å². The first-order chi connectivity index (χ1) is 11.2. The monoisotopic (exact) mass is 334 g/mol. The average Bonchev–Trinajstić information content (AvgIpc) is 3.02. The number of amides is 2. The van der Waals surface area contributed by atoms with Gasteiger partial charge in [-0.2, -0.15) is 0 Å². The lowest BCUT2D eigenvalue weighted by atomic mass is 9.78. The fraction of sp³-hybridized carbons (Fsp3) is 0.722. The predicted molar refractivity (Wildman–Crippen MR) is 88.1 cm³/mol. The minimum atomic E-state index is -0.492. The van der Waals surface area contributed by atoms with Crippen molar-refractivity contribution in [3.05, 3.63) is 11.8 Å². The first-order valence-electron chi connectivity index (χ1n) is 8.69. The Kier molecular flexibility index (Phi) is 4.18. The zero-order chi connectivity index (χ0) is 17.5. The molecular formula is C18H26N2O4. The third-order valence-corrected chi connectivity index (χ3v) is 5.10. The van der Waals surface area contributed by atoms with Crippen LogP contribution in [0.4, 0.5) is 4.79 Å². The van der Waals surface area contributed by atoms with E-state index >= 15 is 0 Å². The molecule has 0 aromatic carbocycles. The highest BCUT2D eigenvalue weighted by Crippen LogP contribution is 2.43. The van der Waals surface area contributed by atoms with Gasteiger partial charge >= 0.3 is 6.09 Å². The van der Waals surface area contributed by atoms with Gasteiger partial charge in [-0.05, 0) is 40.0 Å². The molecule has 2 aliphatic heterocycles. The summed E-state index contributed by atoms with van der Waals surface area (Å²) in [6.07, 6.45) is 4.64. The summed E-state index contributed by atoms with van der Waals surface area (Å²) in [5.41, 5.74) is 0.312. The second-order valence-corrected chi connectivity index (χ2v) is 8.23. The van der Waals surface area contributed by atoms with Crippen LogP contribution < -0.4 is 0 Å². The standard InChI is InChI=1S/C18H26N2O4/c1-17(2,3)24-16(23)19-8-6-18(7-9-19)11-15(22)20(12-18)13-4-5-14(21)10-13/h10H,4-9,11-12H2,1-3H3. The van der Waals surface area contributed by atoms with Crippen LogP contribution in [-0.2, 0) is 14.3 Å². The Morgan fingerprint density at radius 3 is 2.38 bits per heavy atom. The molecule has 0 aromatic rings. The van der Waals surface area contributed by atoms with Crippen molar-refractivity contribution in [3.63, 3.8) is 0 Å². The van der Waals surface area contributed by atoms with E-state index in [0.29, 0.717) is 38.9 Å². The molecule has 3 rings (SSSR count). The molecule has 24 heavy (non-hydrogen) atoms. The molecule has 6 nitrogen and oxygen atoms in total. The van der Waals surface area contributed by atoms with Gasteiger partial charge < -0.3 is 14.5 Å². The molecule has 0 atom stereocenters. The van der Waals surface area contributed by atoms with E-state index in [4.69, 9.17) is 4.74 Å². The van der Waals surface area contributed by atoms with Crippen molar-refractivity contribution in [2.45, 2.75) is 58.5 Å². The van der Waals surface area contributed by atoms with Gasteiger partial charge in [0.15, 0.2) is 5.78 Å². The largest absolute Gasteiger partial charge is 0.444 e. The normalized spacial score (nSPS) is 23.9. The van der Waals surface area contributed by atoms with Crippen molar-refractivity contribution in [1.82, 2.24) is 9.80 Å². The molecule has 2 fully saturated rings. The third kappa shape index (κ3) is 3.47.